The van der Waals surface area contributed by atoms with Gasteiger partial charge in [0.2, 0.25) is 0 Å². The van der Waals surface area contributed by atoms with Crippen molar-refractivity contribution in [3.8, 4) is 0 Å². The van der Waals surface area contributed by atoms with Crippen LogP contribution in [-0.4, -0.2) is 37.0 Å². The molecule has 98 valence electrons. The number of nitrogens with zero attached hydrogens (tertiary/aromatic N) is 1. The first-order valence-electron chi connectivity index (χ1n) is 6.12. The summed E-state index contributed by atoms with van der Waals surface area (Å²) in [6.07, 6.45) is 0.832. The molecule has 0 saturated carbocycles. The molecule has 3 nitrogen and oxygen atoms in total. The number of hydrogen-bond donors (Lipinski definition) is 0. The summed E-state index contributed by atoms with van der Waals surface area (Å²) in [6.45, 7) is 3.31. The molecular formula is C13H15ClFNO2. The minimum absolute atomic E-state index is 0.253. The molecule has 1 spiro atoms. The van der Waals surface area contributed by atoms with E-state index in [-0.39, 0.29) is 5.82 Å². The summed E-state index contributed by atoms with van der Waals surface area (Å²) in [5.41, 5.74) is 0.550. The van der Waals surface area contributed by atoms with Crippen LogP contribution in [0.3, 0.4) is 0 Å². The Bertz CT molecular complexity index is 428. The number of benzene rings is 1. The molecule has 0 bridgehead atoms. The monoisotopic (exact) mass is 271 g/mol. The minimum Gasteiger partial charge on any atom is -0.346 e. The number of halogens is 2. The van der Waals surface area contributed by atoms with E-state index in [1.165, 1.54) is 6.07 Å². The van der Waals surface area contributed by atoms with E-state index >= 15 is 0 Å². The maximum Gasteiger partial charge on any atom is 0.182 e. The van der Waals surface area contributed by atoms with Crippen LogP contribution in [0.25, 0.3) is 0 Å². The van der Waals surface area contributed by atoms with Crippen molar-refractivity contribution in [3.05, 3.63) is 34.6 Å². The molecule has 2 fully saturated rings. The average molecular weight is 272 g/mol. The maximum atomic E-state index is 13.7. The highest BCUT2D eigenvalue weighted by Gasteiger charge is 2.43. The zero-order chi connectivity index (χ0) is 12.6. The molecule has 2 saturated heterocycles. The predicted octanol–water partition coefficient (Wildman–Crippen LogP) is 2.43. The topological polar surface area (TPSA) is 21.7 Å². The van der Waals surface area contributed by atoms with E-state index in [1.54, 1.807) is 12.1 Å². The summed E-state index contributed by atoms with van der Waals surface area (Å²) in [6, 6.07) is 4.78. The van der Waals surface area contributed by atoms with E-state index in [2.05, 4.69) is 4.90 Å². The molecule has 0 N–H and O–H groups in total. The lowest BCUT2D eigenvalue weighted by Crippen LogP contribution is -2.34. The fourth-order valence-electron chi connectivity index (χ4n) is 2.60. The lowest BCUT2D eigenvalue weighted by atomic mass is 10.2. The molecule has 0 radical (unpaired) electrons. The third-order valence-corrected chi connectivity index (χ3v) is 3.88. The molecule has 5 heteroatoms. The van der Waals surface area contributed by atoms with E-state index in [9.17, 15) is 4.39 Å². The van der Waals surface area contributed by atoms with E-state index in [0.717, 1.165) is 13.0 Å². The molecule has 1 aromatic carbocycles. The standard InChI is InChI=1S/C13H15ClFNO2/c14-11-2-1-3-12(15)10(11)8-16-5-4-13(9-16)17-6-7-18-13/h1-3H,4-9H2. The van der Waals surface area contributed by atoms with Gasteiger partial charge in [-0.3, -0.25) is 4.90 Å². The lowest BCUT2D eigenvalue weighted by molar-refractivity contribution is -0.145. The van der Waals surface area contributed by atoms with Gasteiger partial charge in [-0.15, -0.1) is 0 Å². The van der Waals surface area contributed by atoms with Crippen molar-refractivity contribution < 1.29 is 13.9 Å². The summed E-state index contributed by atoms with van der Waals surface area (Å²) >= 11 is 6.03. The fraction of sp³-hybridized carbons (Fsp3) is 0.538. The van der Waals surface area contributed by atoms with Crippen LogP contribution in [0.15, 0.2) is 18.2 Å². The van der Waals surface area contributed by atoms with Gasteiger partial charge in [0.05, 0.1) is 19.8 Å². The molecule has 2 aliphatic heterocycles. The Hall–Kier alpha value is -0.680. The van der Waals surface area contributed by atoms with Gasteiger partial charge in [0.1, 0.15) is 5.82 Å². The molecule has 0 aliphatic carbocycles. The van der Waals surface area contributed by atoms with Crippen molar-refractivity contribution in [2.24, 2.45) is 0 Å². The van der Waals surface area contributed by atoms with Gasteiger partial charge in [-0.05, 0) is 12.1 Å². The molecule has 2 aliphatic rings. The summed E-state index contributed by atoms with van der Waals surface area (Å²) < 4.78 is 25.0. The largest absolute Gasteiger partial charge is 0.346 e. The molecular weight excluding hydrogens is 257 g/mol. The van der Waals surface area contributed by atoms with Crippen molar-refractivity contribution in [1.29, 1.82) is 0 Å². The lowest BCUT2D eigenvalue weighted by Gasteiger charge is -2.22. The third kappa shape index (κ3) is 2.26. The molecule has 0 atom stereocenters. The van der Waals surface area contributed by atoms with Crippen LogP contribution in [0, 0.1) is 5.82 Å². The second kappa shape index (κ2) is 4.78. The zero-order valence-electron chi connectivity index (χ0n) is 9.99. The van der Waals surface area contributed by atoms with Gasteiger partial charge in [0.15, 0.2) is 5.79 Å². The van der Waals surface area contributed by atoms with Gasteiger partial charge >= 0.3 is 0 Å². The quantitative estimate of drug-likeness (QED) is 0.825. The Balaban J connectivity index is 1.71. The first-order chi connectivity index (χ1) is 8.69. The van der Waals surface area contributed by atoms with Gasteiger partial charge in [-0.25, -0.2) is 4.39 Å². The van der Waals surface area contributed by atoms with Gasteiger partial charge in [0.25, 0.3) is 0 Å². The van der Waals surface area contributed by atoms with Gasteiger partial charge in [-0.1, -0.05) is 17.7 Å². The molecule has 1 aromatic rings. The second-order valence-electron chi connectivity index (χ2n) is 4.77. The molecule has 2 heterocycles. The Morgan fingerprint density at radius 3 is 2.83 bits per heavy atom. The van der Waals surface area contributed by atoms with Crippen LogP contribution in [0.2, 0.25) is 5.02 Å². The van der Waals surface area contributed by atoms with Crippen LogP contribution in [0.5, 0.6) is 0 Å². The Morgan fingerprint density at radius 2 is 2.11 bits per heavy atom. The van der Waals surface area contributed by atoms with Crippen LogP contribution in [0.1, 0.15) is 12.0 Å². The first kappa shape index (κ1) is 12.4. The highest BCUT2D eigenvalue weighted by molar-refractivity contribution is 6.31. The van der Waals surface area contributed by atoms with Crippen LogP contribution in [0.4, 0.5) is 4.39 Å². The van der Waals surface area contributed by atoms with Crippen molar-refractivity contribution >= 4 is 11.6 Å². The second-order valence-corrected chi connectivity index (χ2v) is 5.18. The number of likely N-dealkylation sites (tertiary alicyclic amines) is 1. The molecule has 0 aromatic heterocycles. The molecule has 0 unspecified atom stereocenters. The SMILES string of the molecule is Fc1cccc(Cl)c1CN1CCC2(C1)OCCO2. The average Bonchev–Trinajstić information content (AvgIpc) is 2.96. The third-order valence-electron chi connectivity index (χ3n) is 3.53. The number of hydrogen-bond acceptors (Lipinski definition) is 3. The highest BCUT2D eigenvalue weighted by atomic mass is 35.5. The maximum absolute atomic E-state index is 13.7. The predicted molar refractivity (Wildman–Crippen MR) is 65.9 cm³/mol. The van der Waals surface area contributed by atoms with Gasteiger partial charge < -0.3 is 9.47 Å². The molecule has 0 amide bonds. The summed E-state index contributed by atoms with van der Waals surface area (Å²) in [4.78, 5) is 2.12. The van der Waals surface area contributed by atoms with Crippen molar-refractivity contribution in [2.45, 2.75) is 18.8 Å². The van der Waals surface area contributed by atoms with E-state index in [1.807, 2.05) is 0 Å². The minimum atomic E-state index is -0.461. The molecule has 3 rings (SSSR count). The number of rotatable bonds is 2. The van der Waals surface area contributed by atoms with Crippen LogP contribution < -0.4 is 0 Å². The van der Waals surface area contributed by atoms with Crippen molar-refractivity contribution in [1.82, 2.24) is 4.90 Å². The van der Waals surface area contributed by atoms with Crippen molar-refractivity contribution in [2.75, 3.05) is 26.3 Å². The summed E-state index contributed by atoms with van der Waals surface area (Å²) in [7, 11) is 0. The van der Waals surface area contributed by atoms with Crippen molar-refractivity contribution in [3.63, 3.8) is 0 Å². The van der Waals surface area contributed by atoms with E-state index in [0.29, 0.717) is 36.9 Å². The summed E-state index contributed by atoms with van der Waals surface area (Å²) in [5.74, 6) is -0.714. The Labute approximate surface area is 110 Å². The zero-order valence-corrected chi connectivity index (χ0v) is 10.8. The van der Waals surface area contributed by atoms with Gasteiger partial charge in [-0.2, -0.15) is 0 Å². The van der Waals surface area contributed by atoms with Crippen LogP contribution in [-0.2, 0) is 16.0 Å². The first-order valence-corrected chi connectivity index (χ1v) is 6.49. The fourth-order valence-corrected chi connectivity index (χ4v) is 2.82. The Kier molecular flexibility index (Phi) is 3.28. The van der Waals surface area contributed by atoms with Gasteiger partial charge in [0, 0.05) is 30.1 Å². The molecule has 18 heavy (non-hydrogen) atoms. The normalized spacial score (nSPS) is 23.0. The Morgan fingerprint density at radius 1 is 1.33 bits per heavy atom. The van der Waals surface area contributed by atoms with E-state index < -0.39 is 5.79 Å². The smallest absolute Gasteiger partial charge is 0.182 e. The van der Waals surface area contributed by atoms with Crippen LogP contribution >= 0.6 is 11.6 Å². The van der Waals surface area contributed by atoms with E-state index in [4.69, 9.17) is 21.1 Å². The highest BCUT2D eigenvalue weighted by Crippen LogP contribution is 2.32. The summed E-state index contributed by atoms with van der Waals surface area (Å²) in [5, 5.41) is 0.476. The number of ether oxygens (including phenoxy) is 2.